The van der Waals surface area contributed by atoms with Gasteiger partial charge in [-0.2, -0.15) is 0 Å². The number of anilines is 1. The summed E-state index contributed by atoms with van der Waals surface area (Å²) in [5, 5.41) is 4.08. The van der Waals surface area contributed by atoms with Crippen LogP contribution < -0.4 is 5.32 Å². The number of amides is 1. The van der Waals surface area contributed by atoms with E-state index in [1.54, 1.807) is 30.3 Å². The topological polar surface area (TPSA) is 42.0 Å². The molecule has 6 heteroatoms. The molecule has 0 bridgehead atoms. The van der Waals surface area contributed by atoms with Gasteiger partial charge in [0.05, 0.1) is 11.4 Å². The highest BCUT2D eigenvalue weighted by atomic mass is 35.5. The van der Waals surface area contributed by atoms with Crippen molar-refractivity contribution < 1.29 is 4.79 Å². The Balaban J connectivity index is 2.07. The van der Waals surface area contributed by atoms with Crippen LogP contribution in [0.3, 0.4) is 0 Å². The monoisotopic (exact) mass is 314 g/mol. The summed E-state index contributed by atoms with van der Waals surface area (Å²) in [6.07, 6.45) is 1.54. The van der Waals surface area contributed by atoms with Crippen LogP contribution in [0.1, 0.15) is 5.56 Å². The van der Waals surface area contributed by atoms with Crippen LogP contribution in [0.4, 0.5) is 5.82 Å². The molecule has 1 N–H and O–H groups in total. The number of carbonyl (C=O) groups is 1. The van der Waals surface area contributed by atoms with Gasteiger partial charge in [-0.05, 0) is 29.8 Å². The summed E-state index contributed by atoms with van der Waals surface area (Å²) < 4.78 is 0. The van der Waals surface area contributed by atoms with Crippen molar-refractivity contribution in [1.82, 2.24) is 4.98 Å². The fraction of sp³-hybridized carbons (Fsp3) is 0.0769. The second kappa shape index (κ2) is 6.24. The molecule has 0 radical (unpaired) electrons. The Labute approximate surface area is 125 Å². The van der Waals surface area contributed by atoms with Crippen LogP contribution in [-0.4, -0.2) is 10.9 Å². The van der Waals surface area contributed by atoms with E-state index in [1.165, 1.54) is 6.20 Å². The van der Waals surface area contributed by atoms with E-state index in [-0.39, 0.29) is 12.3 Å². The SMILES string of the molecule is O=C(Cc1c(Cl)cccc1Cl)Nc1ccc(Cl)cn1. The summed E-state index contributed by atoms with van der Waals surface area (Å²) >= 11 is 17.7. The molecule has 0 saturated heterocycles. The van der Waals surface area contributed by atoms with E-state index in [9.17, 15) is 4.79 Å². The Morgan fingerprint density at radius 3 is 2.37 bits per heavy atom. The van der Waals surface area contributed by atoms with Crippen molar-refractivity contribution in [2.45, 2.75) is 6.42 Å². The average Bonchev–Trinajstić information content (AvgIpc) is 2.37. The van der Waals surface area contributed by atoms with Crippen LogP contribution in [0.5, 0.6) is 0 Å². The van der Waals surface area contributed by atoms with E-state index in [4.69, 9.17) is 34.8 Å². The highest BCUT2D eigenvalue weighted by Crippen LogP contribution is 2.24. The van der Waals surface area contributed by atoms with Gasteiger partial charge >= 0.3 is 0 Å². The fourth-order valence-corrected chi connectivity index (χ4v) is 2.14. The first-order valence-corrected chi connectivity index (χ1v) is 6.54. The lowest BCUT2D eigenvalue weighted by molar-refractivity contribution is -0.115. The number of rotatable bonds is 3. The van der Waals surface area contributed by atoms with Gasteiger partial charge in [0.15, 0.2) is 0 Å². The number of carbonyl (C=O) groups excluding carboxylic acids is 1. The van der Waals surface area contributed by atoms with E-state index >= 15 is 0 Å². The minimum absolute atomic E-state index is 0.0861. The Bertz CT molecular complexity index is 579. The number of hydrogen-bond acceptors (Lipinski definition) is 2. The van der Waals surface area contributed by atoms with Crippen LogP contribution in [0.15, 0.2) is 36.5 Å². The molecule has 98 valence electrons. The van der Waals surface area contributed by atoms with E-state index in [0.717, 1.165) is 0 Å². The first-order valence-electron chi connectivity index (χ1n) is 5.40. The number of nitrogens with zero attached hydrogens (tertiary/aromatic N) is 1. The third-order valence-corrected chi connectivity index (χ3v) is 3.33. The lowest BCUT2D eigenvalue weighted by Crippen LogP contribution is -2.15. The molecule has 0 aliphatic heterocycles. The van der Waals surface area contributed by atoms with Gasteiger partial charge in [0, 0.05) is 16.2 Å². The Kier molecular flexibility index (Phi) is 4.64. The van der Waals surface area contributed by atoms with Gasteiger partial charge in [-0.15, -0.1) is 0 Å². The minimum Gasteiger partial charge on any atom is -0.310 e. The molecule has 2 aromatic rings. The quantitative estimate of drug-likeness (QED) is 0.921. The number of nitrogens with one attached hydrogen (secondary N) is 1. The highest BCUT2D eigenvalue weighted by molar-refractivity contribution is 6.36. The summed E-state index contributed by atoms with van der Waals surface area (Å²) in [7, 11) is 0. The third-order valence-electron chi connectivity index (χ3n) is 2.39. The summed E-state index contributed by atoms with van der Waals surface area (Å²) in [5.41, 5.74) is 0.595. The normalized spacial score (nSPS) is 10.3. The second-order valence-corrected chi connectivity index (χ2v) is 5.04. The Morgan fingerprint density at radius 2 is 1.79 bits per heavy atom. The lowest BCUT2D eigenvalue weighted by Gasteiger charge is -2.07. The van der Waals surface area contributed by atoms with Crippen molar-refractivity contribution in [3.05, 3.63) is 57.2 Å². The van der Waals surface area contributed by atoms with Crippen LogP contribution in [0.25, 0.3) is 0 Å². The predicted octanol–water partition coefficient (Wildman–Crippen LogP) is 4.22. The largest absolute Gasteiger partial charge is 0.310 e. The number of aromatic nitrogens is 1. The van der Waals surface area contributed by atoms with E-state index in [0.29, 0.717) is 26.4 Å². The van der Waals surface area contributed by atoms with Crippen molar-refractivity contribution in [3.8, 4) is 0 Å². The standard InChI is InChI=1S/C13H9Cl3N2O/c14-8-4-5-12(17-7-8)18-13(19)6-9-10(15)2-1-3-11(9)16/h1-5,7H,6H2,(H,17,18,19). The highest BCUT2D eigenvalue weighted by Gasteiger charge is 2.11. The van der Waals surface area contributed by atoms with Gasteiger partial charge in [0.2, 0.25) is 5.91 Å². The first-order chi connectivity index (χ1) is 9.06. The zero-order valence-corrected chi connectivity index (χ0v) is 11.9. The molecule has 0 fully saturated rings. The molecule has 2 rings (SSSR count). The summed E-state index contributed by atoms with van der Waals surface area (Å²) in [5.74, 6) is 0.183. The molecule has 1 aromatic carbocycles. The average molecular weight is 316 g/mol. The third kappa shape index (κ3) is 3.83. The molecule has 0 aliphatic rings. The van der Waals surface area contributed by atoms with Crippen molar-refractivity contribution in [3.63, 3.8) is 0 Å². The zero-order chi connectivity index (χ0) is 13.8. The van der Waals surface area contributed by atoms with Gasteiger partial charge in [-0.25, -0.2) is 4.98 Å². The van der Waals surface area contributed by atoms with Crippen LogP contribution in [-0.2, 0) is 11.2 Å². The number of benzene rings is 1. The molecule has 0 spiro atoms. The fourth-order valence-electron chi connectivity index (χ4n) is 1.50. The molecule has 0 atom stereocenters. The smallest absolute Gasteiger partial charge is 0.230 e. The van der Waals surface area contributed by atoms with Crippen LogP contribution in [0.2, 0.25) is 15.1 Å². The van der Waals surface area contributed by atoms with Crippen molar-refractivity contribution >= 4 is 46.5 Å². The van der Waals surface area contributed by atoms with Crippen LogP contribution in [0, 0.1) is 0 Å². The van der Waals surface area contributed by atoms with Gasteiger partial charge in [-0.3, -0.25) is 4.79 Å². The van der Waals surface area contributed by atoms with Crippen LogP contribution >= 0.6 is 34.8 Å². The summed E-state index contributed by atoms with van der Waals surface area (Å²) in [4.78, 5) is 15.8. The summed E-state index contributed by atoms with van der Waals surface area (Å²) in [6.45, 7) is 0. The maximum Gasteiger partial charge on any atom is 0.230 e. The summed E-state index contributed by atoms with van der Waals surface area (Å²) in [6, 6.07) is 8.38. The van der Waals surface area contributed by atoms with Gasteiger partial charge in [-0.1, -0.05) is 40.9 Å². The molecule has 1 heterocycles. The van der Waals surface area contributed by atoms with Gasteiger partial charge in [0.25, 0.3) is 0 Å². The maximum absolute atomic E-state index is 11.9. The molecule has 3 nitrogen and oxygen atoms in total. The molecular weight excluding hydrogens is 307 g/mol. The molecule has 0 saturated carbocycles. The lowest BCUT2D eigenvalue weighted by atomic mass is 10.1. The molecular formula is C13H9Cl3N2O. The minimum atomic E-state index is -0.246. The van der Waals surface area contributed by atoms with Crippen molar-refractivity contribution in [1.29, 1.82) is 0 Å². The Morgan fingerprint density at radius 1 is 1.11 bits per heavy atom. The Hall–Kier alpha value is -1.29. The zero-order valence-electron chi connectivity index (χ0n) is 9.66. The second-order valence-electron chi connectivity index (χ2n) is 3.79. The molecule has 0 aliphatic carbocycles. The molecule has 1 amide bonds. The number of halogens is 3. The van der Waals surface area contributed by atoms with Crippen molar-refractivity contribution in [2.75, 3.05) is 5.32 Å². The number of pyridine rings is 1. The van der Waals surface area contributed by atoms with E-state index in [2.05, 4.69) is 10.3 Å². The molecule has 0 unspecified atom stereocenters. The maximum atomic E-state index is 11.9. The van der Waals surface area contributed by atoms with Gasteiger partial charge in [0.1, 0.15) is 5.82 Å². The molecule has 19 heavy (non-hydrogen) atoms. The predicted molar refractivity (Wildman–Crippen MR) is 78.0 cm³/mol. The van der Waals surface area contributed by atoms with E-state index < -0.39 is 0 Å². The number of hydrogen-bond donors (Lipinski definition) is 1. The van der Waals surface area contributed by atoms with E-state index in [1.807, 2.05) is 0 Å². The molecule has 1 aromatic heterocycles. The van der Waals surface area contributed by atoms with Crippen molar-refractivity contribution in [2.24, 2.45) is 0 Å². The first kappa shape index (κ1) is 14.1. The van der Waals surface area contributed by atoms with Gasteiger partial charge < -0.3 is 5.32 Å².